The molecule has 0 spiro atoms. The zero-order chi connectivity index (χ0) is 11.4. The molecule has 84 valence electrons. The molecule has 0 aliphatic heterocycles. The Bertz CT molecular complexity index is 342. The number of aryl methyl sites for hydroxylation is 1. The van der Waals surface area contributed by atoms with Crippen LogP contribution in [-0.4, -0.2) is 16.8 Å². The highest BCUT2D eigenvalue weighted by Gasteiger charge is 2.13. The van der Waals surface area contributed by atoms with Gasteiger partial charge in [0.25, 0.3) is 0 Å². The van der Waals surface area contributed by atoms with Crippen LogP contribution < -0.4 is 0 Å². The highest BCUT2D eigenvalue weighted by atomic mass is 35.5. The molecule has 0 aliphatic carbocycles. The van der Waals surface area contributed by atoms with Crippen molar-refractivity contribution in [1.82, 2.24) is 0 Å². The summed E-state index contributed by atoms with van der Waals surface area (Å²) in [5.74, 6) is -0.377. The van der Waals surface area contributed by atoms with Crippen molar-refractivity contribution in [3.63, 3.8) is 0 Å². The van der Waals surface area contributed by atoms with E-state index >= 15 is 0 Å². The third-order valence-electron chi connectivity index (χ3n) is 2.27. The molecule has 2 N–H and O–H groups in total. The summed E-state index contributed by atoms with van der Waals surface area (Å²) in [6.07, 6.45) is 0.0193. The molecule has 0 amide bonds. The first-order valence-corrected chi connectivity index (χ1v) is 5.18. The van der Waals surface area contributed by atoms with Gasteiger partial charge in [-0.1, -0.05) is 11.6 Å². The van der Waals surface area contributed by atoms with E-state index in [1.165, 1.54) is 12.1 Å². The normalized spacial score (nSPS) is 12.9. The SMILES string of the molecule is Cc1cc(Cl)c(C(O)CCCO)cc1F. The molecule has 1 rings (SSSR count). The summed E-state index contributed by atoms with van der Waals surface area (Å²) >= 11 is 5.89. The first-order chi connectivity index (χ1) is 7.06. The fraction of sp³-hybridized carbons (Fsp3) is 0.455. The number of aliphatic hydroxyl groups excluding tert-OH is 2. The molecule has 15 heavy (non-hydrogen) atoms. The summed E-state index contributed by atoms with van der Waals surface area (Å²) in [7, 11) is 0. The van der Waals surface area contributed by atoms with E-state index < -0.39 is 6.10 Å². The molecule has 0 radical (unpaired) electrons. The largest absolute Gasteiger partial charge is 0.396 e. The van der Waals surface area contributed by atoms with E-state index in [0.717, 1.165) is 0 Å². The molecule has 0 saturated heterocycles. The van der Waals surface area contributed by atoms with Crippen molar-refractivity contribution in [2.75, 3.05) is 6.61 Å². The summed E-state index contributed by atoms with van der Waals surface area (Å²) in [5, 5.41) is 18.7. The van der Waals surface area contributed by atoms with Gasteiger partial charge in [0.15, 0.2) is 0 Å². The predicted molar refractivity (Wildman–Crippen MR) is 57.4 cm³/mol. The molecular weight excluding hydrogens is 219 g/mol. The monoisotopic (exact) mass is 232 g/mol. The van der Waals surface area contributed by atoms with E-state index in [1.807, 2.05) is 0 Å². The first-order valence-electron chi connectivity index (χ1n) is 4.80. The molecule has 0 aromatic heterocycles. The van der Waals surface area contributed by atoms with Crippen molar-refractivity contribution >= 4 is 11.6 Å². The topological polar surface area (TPSA) is 40.5 Å². The lowest BCUT2D eigenvalue weighted by molar-refractivity contribution is 0.151. The van der Waals surface area contributed by atoms with E-state index in [9.17, 15) is 9.50 Å². The van der Waals surface area contributed by atoms with Gasteiger partial charge in [-0.25, -0.2) is 4.39 Å². The van der Waals surface area contributed by atoms with Gasteiger partial charge in [0.2, 0.25) is 0 Å². The van der Waals surface area contributed by atoms with Crippen molar-refractivity contribution in [1.29, 1.82) is 0 Å². The lowest BCUT2D eigenvalue weighted by Gasteiger charge is -2.13. The minimum absolute atomic E-state index is 0.00300. The predicted octanol–water partition coefficient (Wildman–Crippen LogP) is 2.59. The van der Waals surface area contributed by atoms with Crippen LogP contribution in [0.5, 0.6) is 0 Å². The van der Waals surface area contributed by atoms with Crippen LogP contribution in [0.3, 0.4) is 0 Å². The number of benzene rings is 1. The van der Waals surface area contributed by atoms with Gasteiger partial charge in [0.1, 0.15) is 5.82 Å². The van der Waals surface area contributed by atoms with Crippen LogP contribution >= 0.6 is 11.6 Å². The van der Waals surface area contributed by atoms with Crippen LogP contribution in [0.1, 0.15) is 30.1 Å². The number of hydrogen-bond donors (Lipinski definition) is 2. The lowest BCUT2D eigenvalue weighted by Crippen LogP contribution is -2.01. The van der Waals surface area contributed by atoms with E-state index in [1.54, 1.807) is 6.92 Å². The Labute approximate surface area is 93.3 Å². The highest BCUT2D eigenvalue weighted by molar-refractivity contribution is 6.31. The van der Waals surface area contributed by atoms with Gasteiger partial charge in [0, 0.05) is 17.2 Å². The fourth-order valence-electron chi connectivity index (χ4n) is 1.36. The molecule has 1 atom stereocenters. The molecule has 1 aromatic carbocycles. The summed E-state index contributed by atoms with van der Waals surface area (Å²) in [6, 6.07) is 2.74. The van der Waals surface area contributed by atoms with Gasteiger partial charge in [-0.2, -0.15) is 0 Å². The first kappa shape index (κ1) is 12.4. The average molecular weight is 233 g/mol. The highest BCUT2D eigenvalue weighted by Crippen LogP contribution is 2.28. The van der Waals surface area contributed by atoms with Crippen LogP contribution in [0, 0.1) is 12.7 Å². The average Bonchev–Trinajstić information content (AvgIpc) is 2.20. The Morgan fingerprint density at radius 2 is 2.13 bits per heavy atom. The van der Waals surface area contributed by atoms with E-state index in [-0.39, 0.29) is 12.4 Å². The van der Waals surface area contributed by atoms with Gasteiger partial charge >= 0.3 is 0 Å². The van der Waals surface area contributed by atoms with Crippen molar-refractivity contribution in [2.24, 2.45) is 0 Å². The molecule has 0 bridgehead atoms. The van der Waals surface area contributed by atoms with Crippen molar-refractivity contribution in [3.8, 4) is 0 Å². The Kier molecular flexibility index (Phi) is 4.51. The second-order valence-electron chi connectivity index (χ2n) is 3.50. The molecule has 1 aromatic rings. The third kappa shape index (κ3) is 3.16. The van der Waals surface area contributed by atoms with Crippen molar-refractivity contribution in [2.45, 2.75) is 25.9 Å². The van der Waals surface area contributed by atoms with Crippen LogP contribution in [0.4, 0.5) is 4.39 Å². The van der Waals surface area contributed by atoms with Crippen LogP contribution in [0.15, 0.2) is 12.1 Å². The minimum Gasteiger partial charge on any atom is -0.396 e. The molecule has 0 saturated carbocycles. The number of aliphatic hydroxyl groups is 2. The van der Waals surface area contributed by atoms with Crippen LogP contribution in [0.25, 0.3) is 0 Å². The maximum absolute atomic E-state index is 13.2. The van der Waals surface area contributed by atoms with Crippen LogP contribution in [-0.2, 0) is 0 Å². The number of halogens is 2. The number of hydrogen-bond acceptors (Lipinski definition) is 2. The van der Waals surface area contributed by atoms with E-state index in [4.69, 9.17) is 16.7 Å². The fourth-order valence-corrected chi connectivity index (χ4v) is 1.70. The Hall–Kier alpha value is -0.640. The zero-order valence-electron chi connectivity index (χ0n) is 8.50. The quantitative estimate of drug-likeness (QED) is 0.838. The Morgan fingerprint density at radius 3 is 2.73 bits per heavy atom. The lowest BCUT2D eigenvalue weighted by atomic mass is 10.0. The van der Waals surface area contributed by atoms with E-state index in [0.29, 0.717) is 29.0 Å². The second-order valence-corrected chi connectivity index (χ2v) is 3.91. The summed E-state index contributed by atoms with van der Waals surface area (Å²) in [6.45, 7) is 1.62. The van der Waals surface area contributed by atoms with Gasteiger partial charge in [0.05, 0.1) is 6.10 Å². The Balaban J connectivity index is 2.88. The molecule has 2 nitrogen and oxygen atoms in total. The number of rotatable bonds is 4. The smallest absolute Gasteiger partial charge is 0.126 e. The Morgan fingerprint density at radius 1 is 1.47 bits per heavy atom. The van der Waals surface area contributed by atoms with Gasteiger partial charge in [-0.15, -0.1) is 0 Å². The maximum Gasteiger partial charge on any atom is 0.126 e. The summed E-state index contributed by atoms with van der Waals surface area (Å²) in [5.41, 5.74) is 0.839. The molecule has 4 heteroatoms. The molecule has 0 fully saturated rings. The van der Waals surface area contributed by atoms with Gasteiger partial charge < -0.3 is 10.2 Å². The summed E-state index contributed by atoms with van der Waals surface area (Å²) in [4.78, 5) is 0. The van der Waals surface area contributed by atoms with Crippen molar-refractivity contribution < 1.29 is 14.6 Å². The maximum atomic E-state index is 13.2. The third-order valence-corrected chi connectivity index (χ3v) is 2.60. The molecular formula is C11H14ClFO2. The zero-order valence-corrected chi connectivity index (χ0v) is 9.26. The molecule has 1 unspecified atom stereocenters. The van der Waals surface area contributed by atoms with Gasteiger partial charge in [-0.3, -0.25) is 0 Å². The molecule has 0 aliphatic rings. The minimum atomic E-state index is -0.820. The van der Waals surface area contributed by atoms with E-state index in [2.05, 4.69) is 0 Å². The second kappa shape index (κ2) is 5.45. The van der Waals surface area contributed by atoms with Gasteiger partial charge in [-0.05, 0) is 37.5 Å². The van der Waals surface area contributed by atoms with Crippen molar-refractivity contribution in [3.05, 3.63) is 34.1 Å². The summed E-state index contributed by atoms with van der Waals surface area (Å²) < 4.78 is 13.2. The molecule has 0 heterocycles. The van der Waals surface area contributed by atoms with Crippen LogP contribution in [0.2, 0.25) is 5.02 Å². The standard InChI is InChI=1S/C11H14ClFO2/c1-7-5-9(12)8(6-10(7)13)11(15)3-2-4-14/h5-6,11,14-15H,2-4H2,1H3.